The van der Waals surface area contributed by atoms with Crippen LogP contribution in [-0.4, -0.2) is 28.3 Å². The van der Waals surface area contributed by atoms with E-state index in [-0.39, 0.29) is 0 Å². The van der Waals surface area contributed by atoms with Gasteiger partial charge in [0, 0.05) is 18.3 Å². The highest BCUT2D eigenvalue weighted by molar-refractivity contribution is 5.99. The van der Waals surface area contributed by atoms with Gasteiger partial charge in [0.25, 0.3) is 5.91 Å². The number of hydrogen-bond donors (Lipinski definition) is 1. The van der Waals surface area contributed by atoms with Gasteiger partial charge in [-0.1, -0.05) is 42.5 Å². The Morgan fingerprint density at radius 3 is 2.45 bits per heavy atom. The van der Waals surface area contributed by atoms with E-state index < -0.39 is 18.0 Å². The van der Waals surface area contributed by atoms with Crippen LogP contribution in [0.4, 0.5) is 5.69 Å². The van der Waals surface area contributed by atoms with Crippen LogP contribution in [0.2, 0.25) is 0 Å². The van der Waals surface area contributed by atoms with E-state index in [9.17, 15) is 9.59 Å². The van der Waals surface area contributed by atoms with E-state index in [1.807, 2.05) is 19.1 Å². The molecule has 7 heteroatoms. The monoisotopic (exact) mass is 393 g/mol. The van der Waals surface area contributed by atoms with Crippen LogP contribution in [0.5, 0.6) is 5.75 Å². The van der Waals surface area contributed by atoms with Gasteiger partial charge in [-0.3, -0.25) is 9.48 Å². The standard InChI is InChI=1S/C22H23N3O4/c1-4-28-19-13-9-8-12-18(19)24-21(26)20(16-10-6-5-7-11-16)29-22(27)17-14-23-25(3)15(17)2/h5-14,20H,4H2,1-3H3,(H,24,26). The minimum atomic E-state index is -1.13. The first-order chi connectivity index (χ1) is 14.0. The summed E-state index contributed by atoms with van der Waals surface area (Å²) in [6.45, 7) is 4.09. The molecule has 1 heterocycles. The number of nitrogens with zero attached hydrogens (tertiary/aromatic N) is 2. The second kappa shape index (κ2) is 9.05. The Morgan fingerprint density at radius 2 is 1.79 bits per heavy atom. The molecular weight excluding hydrogens is 370 g/mol. The summed E-state index contributed by atoms with van der Waals surface area (Å²) >= 11 is 0. The molecule has 1 atom stereocenters. The molecule has 1 N–H and O–H groups in total. The predicted octanol–water partition coefficient (Wildman–Crippen LogP) is 3.66. The Labute approximate surface area is 169 Å². The van der Waals surface area contributed by atoms with Gasteiger partial charge in [0.2, 0.25) is 6.10 Å². The summed E-state index contributed by atoms with van der Waals surface area (Å²) in [6, 6.07) is 16.0. The van der Waals surface area contributed by atoms with Crippen LogP contribution in [0.1, 0.15) is 34.6 Å². The van der Waals surface area contributed by atoms with E-state index in [4.69, 9.17) is 9.47 Å². The molecule has 7 nitrogen and oxygen atoms in total. The van der Waals surface area contributed by atoms with Crippen molar-refractivity contribution in [3.63, 3.8) is 0 Å². The van der Waals surface area contributed by atoms with Crippen molar-refractivity contribution < 1.29 is 19.1 Å². The van der Waals surface area contributed by atoms with Crippen molar-refractivity contribution >= 4 is 17.6 Å². The van der Waals surface area contributed by atoms with Crippen LogP contribution < -0.4 is 10.1 Å². The number of carbonyl (C=O) groups is 2. The first-order valence-corrected chi connectivity index (χ1v) is 9.28. The Hall–Kier alpha value is -3.61. The molecule has 0 fully saturated rings. The quantitative estimate of drug-likeness (QED) is 0.620. The third-order valence-electron chi connectivity index (χ3n) is 4.47. The van der Waals surface area contributed by atoms with Gasteiger partial charge in [-0.15, -0.1) is 0 Å². The minimum Gasteiger partial charge on any atom is -0.492 e. The number of anilines is 1. The maximum Gasteiger partial charge on any atom is 0.342 e. The number of carbonyl (C=O) groups excluding carboxylic acids is 2. The molecule has 1 amide bonds. The average molecular weight is 393 g/mol. The number of ether oxygens (including phenoxy) is 2. The highest BCUT2D eigenvalue weighted by Crippen LogP contribution is 2.27. The lowest BCUT2D eigenvalue weighted by Crippen LogP contribution is -2.26. The zero-order valence-corrected chi connectivity index (χ0v) is 16.6. The molecule has 0 aliphatic rings. The van der Waals surface area contributed by atoms with Crippen LogP contribution in [0.3, 0.4) is 0 Å². The average Bonchev–Trinajstić information content (AvgIpc) is 3.07. The number of nitrogens with one attached hydrogen (secondary N) is 1. The largest absolute Gasteiger partial charge is 0.492 e. The van der Waals surface area contributed by atoms with Crippen molar-refractivity contribution in [1.82, 2.24) is 9.78 Å². The van der Waals surface area contributed by atoms with Crippen LogP contribution in [0.25, 0.3) is 0 Å². The number of amides is 1. The van der Waals surface area contributed by atoms with E-state index in [1.165, 1.54) is 6.20 Å². The fourth-order valence-electron chi connectivity index (χ4n) is 2.82. The molecule has 3 aromatic rings. The Balaban J connectivity index is 1.87. The fraction of sp³-hybridized carbons (Fsp3) is 0.227. The summed E-state index contributed by atoms with van der Waals surface area (Å²) in [4.78, 5) is 25.8. The summed E-state index contributed by atoms with van der Waals surface area (Å²) in [6.07, 6.45) is 0.306. The van der Waals surface area contributed by atoms with Crippen molar-refractivity contribution in [3.05, 3.63) is 77.6 Å². The molecule has 0 aliphatic carbocycles. The Kier molecular flexibility index (Phi) is 6.29. The van der Waals surface area contributed by atoms with Crippen molar-refractivity contribution in [2.45, 2.75) is 20.0 Å². The fourth-order valence-corrected chi connectivity index (χ4v) is 2.82. The molecule has 0 saturated heterocycles. The van der Waals surface area contributed by atoms with Gasteiger partial charge in [-0.2, -0.15) is 5.10 Å². The summed E-state index contributed by atoms with van der Waals surface area (Å²) in [7, 11) is 1.73. The predicted molar refractivity (Wildman–Crippen MR) is 109 cm³/mol. The topological polar surface area (TPSA) is 82.4 Å². The van der Waals surface area contributed by atoms with E-state index in [1.54, 1.807) is 61.1 Å². The highest BCUT2D eigenvalue weighted by Gasteiger charge is 2.27. The van der Waals surface area contributed by atoms with Crippen LogP contribution in [0.15, 0.2) is 60.8 Å². The number of hydrogen-bond acceptors (Lipinski definition) is 5. The van der Waals surface area contributed by atoms with E-state index in [0.29, 0.717) is 34.9 Å². The van der Waals surface area contributed by atoms with Gasteiger partial charge in [0.15, 0.2) is 0 Å². The molecule has 0 saturated carbocycles. The molecule has 0 spiro atoms. The van der Waals surface area contributed by atoms with Crippen molar-refractivity contribution in [2.75, 3.05) is 11.9 Å². The van der Waals surface area contributed by atoms with Gasteiger partial charge in [0.1, 0.15) is 11.3 Å². The molecule has 150 valence electrons. The van der Waals surface area contributed by atoms with Gasteiger partial charge in [-0.05, 0) is 26.0 Å². The number of rotatable bonds is 7. The molecular formula is C22H23N3O4. The summed E-state index contributed by atoms with van der Waals surface area (Å²) < 4.78 is 12.7. The molecule has 0 bridgehead atoms. The lowest BCUT2D eigenvalue weighted by Gasteiger charge is -2.19. The van der Waals surface area contributed by atoms with Gasteiger partial charge < -0.3 is 14.8 Å². The smallest absolute Gasteiger partial charge is 0.342 e. The summed E-state index contributed by atoms with van der Waals surface area (Å²) in [5, 5.41) is 6.87. The van der Waals surface area contributed by atoms with E-state index >= 15 is 0 Å². The van der Waals surface area contributed by atoms with E-state index in [0.717, 1.165) is 0 Å². The third kappa shape index (κ3) is 4.63. The molecule has 3 rings (SSSR count). The van der Waals surface area contributed by atoms with Gasteiger partial charge in [-0.25, -0.2) is 4.79 Å². The van der Waals surface area contributed by atoms with E-state index in [2.05, 4.69) is 10.4 Å². The molecule has 0 aliphatic heterocycles. The van der Waals surface area contributed by atoms with Crippen LogP contribution >= 0.6 is 0 Å². The van der Waals surface area contributed by atoms with Gasteiger partial charge >= 0.3 is 5.97 Å². The zero-order valence-electron chi connectivity index (χ0n) is 16.6. The lowest BCUT2D eigenvalue weighted by atomic mass is 10.1. The maximum absolute atomic E-state index is 13.1. The number of para-hydroxylation sites is 2. The minimum absolute atomic E-state index is 0.316. The number of aryl methyl sites for hydroxylation is 1. The summed E-state index contributed by atoms with van der Waals surface area (Å²) in [5.41, 5.74) is 2.04. The van der Waals surface area contributed by atoms with Crippen molar-refractivity contribution in [3.8, 4) is 5.75 Å². The first-order valence-electron chi connectivity index (χ1n) is 9.28. The Morgan fingerprint density at radius 1 is 1.10 bits per heavy atom. The number of esters is 1. The molecule has 0 radical (unpaired) electrons. The van der Waals surface area contributed by atoms with Gasteiger partial charge in [0.05, 0.1) is 18.5 Å². The maximum atomic E-state index is 13.1. The normalized spacial score (nSPS) is 11.6. The molecule has 29 heavy (non-hydrogen) atoms. The second-order valence-corrected chi connectivity index (χ2v) is 6.38. The first kappa shape index (κ1) is 20.1. The molecule has 2 aromatic carbocycles. The third-order valence-corrected chi connectivity index (χ3v) is 4.47. The van der Waals surface area contributed by atoms with Crippen LogP contribution in [-0.2, 0) is 16.6 Å². The summed E-state index contributed by atoms with van der Waals surface area (Å²) in [5.74, 6) is -0.541. The number of benzene rings is 2. The SMILES string of the molecule is CCOc1ccccc1NC(=O)C(OC(=O)c1cnn(C)c1C)c1ccccc1. The second-order valence-electron chi connectivity index (χ2n) is 6.38. The zero-order chi connectivity index (χ0) is 20.8. The molecule has 1 unspecified atom stereocenters. The van der Waals surface area contributed by atoms with Crippen LogP contribution in [0, 0.1) is 6.92 Å². The molecule has 1 aromatic heterocycles. The number of aromatic nitrogens is 2. The Bertz CT molecular complexity index is 998. The lowest BCUT2D eigenvalue weighted by molar-refractivity contribution is -0.125. The van der Waals surface area contributed by atoms with Crippen molar-refractivity contribution in [1.29, 1.82) is 0 Å². The van der Waals surface area contributed by atoms with Crippen molar-refractivity contribution in [2.24, 2.45) is 7.05 Å². The highest BCUT2D eigenvalue weighted by atomic mass is 16.5.